The molecule has 0 aliphatic rings. The maximum atomic E-state index is 11.9. The van der Waals surface area contributed by atoms with E-state index in [2.05, 4.69) is 15.8 Å². The minimum Gasteiger partial charge on any atom is -0.361 e. The van der Waals surface area contributed by atoms with Crippen LogP contribution < -0.4 is 10.6 Å². The lowest BCUT2D eigenvalue weighted by Crippen LogP contribution is -2.37. The Hall–Kier alpha value is -1.07. The zero-order valence-electron chi connectivity index (χ0n) is 10.7. The Morgan fingerprint density at radius 1 is 1.53 bits per heavy atom. The number of nitrogens with one attached hydrogen (secondary N) is 2. The first-order valence-electron chi connectivity index (χ1n) is 5.50. The third-order valence-electron chi connectivity index (χ3n) is 2.56. The molecular weight excluding hydrogens is 242 g/mol. The Balaban J connectivity index is 0.00000256. The lowest BCUT2D eigenvalue weighted by Gasteiger charge is -2.11. The number of halogens is 1. The topological polar surface area (TPSA) is 67.2 Å². The highest BCUT2D eigenvalue weighted by atomic mass is 35.5. The Morgan fingerprint density at radius 3 is 2.71 bits per heavy atom. The quantitative estimate of drug-likeness (QED) is 0.839. The van der Waals surface area contributed by atoms with Crippen LogP contribution in [0.2, 0.25) is 0 Å². The molecule has 6 heteroatoms. The van der Waals surface area contributed by atoms with E-state index in [1.807, 2.05) is 20.9 Å². The Bertz CT molecular complexity index is 366. The summed E-state index contributed by atoms with van der Waals surface area (Å²) in [5, 5.41) is 9.76. The van der Waals surface area contributed by atoms with Gasteiger partial charge < -0.3 is 15.2 Å². The van der Waals surface area contributed by atoms with Crippen LogP contribution in [0.3, 0.4) is 0 Å². The van der Waals surface area contributed by atoms with Crippen LogP contribution in [0.4, 0.5) is 0 Å². The lowest BCUT2D eigenvalue weighted by molar-refractivity contribution is 0.0948. The van der Waals surface area contributed by atoms with Gasteiger partial charge in [0.25, 0.3) is 5.91 Å². The van der Waals surface area contributed by atoms with E-state index in [4.69, 9.17) is 4.52 Å². The number of hydrogen-bond donors (Lipinski definition) is 2. The molecule has 17 heavy (non-hydrogen) atoms. The molecule has 1 rings (SSSR count). The van der Waals surface area contributed by atoms with Crippen molar-refractivity contribution < 1.29 is 9.32 Å². The van der Waals surface area contributed by atoms with Crippen molar-refractivity contribution in [2.45, 2.75) is 33.2 Å². The van der Waals surface area contributed by atoms with Crippen molar-refractivity contribution in [1.29, 1.82) is 0 Å². The maximum Gasteiger partial charge on any atom is 0.256 e. The average molecular weight is 262 g/mol. The van der Waals surface area contributed by atoms with Crippen molar-refractivity contribution in [3.05, 3.63) is 17.0 Å². The Morgan fingerprint density at radius 2 is 2.18 bits per heavy atom. The van der Waals surface area contributed by atoms with Gasteiger partial charge in [-0.25, -0.2) is 0 Å². The van der Waals surface area contributed by atoms with Gasteiger partial charge in [0, 0.05) is 12.6 Å². The minimum atomic E-state index is -0.113. The van der Waals surface area contributed by atoms with Crippen LogP contribution >= 0.6 is 12.4 Å². The second kappa shape index (κ2) is 7.29. The highest BCUT2D eigenvalue weighted by Crippen LogP contribution is 2.13. The molecule has 98 valence electrons. The number of nitrogens with zero attached hydrogens (tertiary/aromatic N) is 1. The standard InChI is InChI=1S/C11H19N3O2.ClH/c1-5-9-10(8(3)16-14-9)11(15)13-6-7(2)12-4;/h7,12H,5-6H2,1-4H3,(H,13,15);1H. The number of carbonyl (C=O) groups excluding carboxylic acids is 1. The average Bonchev–Trinajstić information content (AvgIpc) is 2.66. The van der Waals surface area contributed by atoms with Gasteiger partial charge in [-0.05, 0) is 27.3 Å². The minimum absolute atomic E-state index is 0. The van der Waals surface area contributed by atoms with E-state index in [0.29, 0.717) is 30.0 Å². The van der Waals surface area contributed by atoms with E-state index in [0.717, 1.165) is 0 Å². The molecule has 1 aromatic heterocycles. The van der Waals surface area contributed by atoms with E-state index in [-0.39, 0.29) is 24.4 Å². The van der Waals surface area contributed by atoms with Gasteiger partial charge in [-0.15, -0.1) is 12.4 Å². The largest absolute Gasteiger partial charge is 0.361 e. The summed E-state index contributed by atoms with van der Waals surface area (Å²) in [5.74, 6) is 0.462. The second-order valence-electron chi connectivity index (χ2n) is 3.81. The molecule has 1 atom stereocenters. The predicted molar refractivity (Wildman–Crippen MR) is 68.7 cm³/mol. The van der Waals surface area contributed by atoms with Crippen LogP contribution in [-0.2, 0) is 6.42 Å². The van der Waals surface area contributed by atoms with Gasteiger partial charge in [-0.3, -0.25) is 4.79 Å². The summed E-state index contributed by atoms with van der Waals surface area (Å²) in [5.41, 5.74) is 1.29. The van der Waals surface area contributed by atoms with Crippen LogP contribution in [0.25, 0.3) is 0 Å². The van der Waals surface area contributed by atoms with Crippen LogP contribution in [0.5, 0.6) is 0 Å². The summed E-state index contributed by atoms with van der Waals surface area (Å²) in [7, 11) is 1.86. The molecule has 0 radical (unpaired) electrons. The van der Waals surface area contributed by atoms with Gasteiger partial charge in [-0.1, -0.05) is 12.1 Å². The molecule has 1 aromatic rings. The zero-order valence-corrected chi connectivity index (χ0v) is 11.5. The van der Waals surface area contributed by atoms with Crippen LogP contribution in [0.15, 0.2) is 4.52 Å². The van der Waals surface area contributed by atoms with Gasteiger partial charge in [0.15, 0.2) is 0 Å². The summed E-state index contributed by atoms with van der Waals surface area (Å²) in [6.45, 7) is 6.29. The molecule has 0 aliphatic carbocycles. The number of aryl methyl sites for hydroxylation is 2. The van der Waals surface area contributed by atoms with Crippen molar-refractivity contribution in [2.24, 2.45) is 0 Å². The smallest absolute Gasteiger partial charge is 0.256 e. The monoisotopic (exact) mass is 261 g/mol. The second-order valence-corrected chi connectivity index (χ2v) is 3.81. The maximum absolute atomic E-state index is 11.9. The summed E-state index contributed by atoms with van der Waals surface area (Å²) < 4.78 is 5.01. The highest BCUT2D eigenvalue weighted by molar-refractivity contribution is 5.96. The molecular formula is C11H20ClN3O2. The highest BCUT2D eigenvalue weighted by Gasteiger charge is 2.18. The van der Waals surface area contributed by atoms with Crippen molar-refractivity contribution in [2.75, 3.05) is 13.6 Å². The number of amides is 1. The van der Waals surface area contributed by atoms with Gasteiger partial charge in [0.1, 0.15) is 11.3 Å². The fourth-order valence-electron chi connectivity index (χ4n) is 1.39. The third kappa shape index (κ3) is 4.02. The molecule has 0 bridgehead atoms. The number of likely N-dealkylation sites (N-methyl/N-ethyl adjacent to an activating group) is 1. The molecule has 0 saturated heterocycles. The molecule has 0 fully saturated rings. The van der Waals surface area contributed by atoms with Crippen molar-refractivity contribution in [1.82, 2.24) is 15.8 Å². The fourth-order valence-corrected chi connectivity index (χ4v) is 1.39. The molecule has 1 unspecified atom stereocenters. The summed E-state index contributed by atoms with van der Waals surface area (Å²) >= 11 is 0. The van der Waals surface area contributed by atoms with E-state index < -0.39 is 0 Å². The van der Waals surface area contributed by atoms with Crippen molar-refractivity contribution in [3.63, 3.8) is 0 Å². The molecule has 0 spiro atoms. The van der Waals surface area contributed by atoms with E-state index in [1.54, 1.807) is 6.92 Å². The first-order chi connectivity index (χ1) is 7.60. The number of rotatable bonds is 5. The summed E-state index contributed by atoms with van der Waals surface area (Å²) in [6, 6.07) is 0.245. The Kier molecular flexibility index (Phi) is 6.83. The first-order valence-corrected chi connectivity index (χ1v) is 5.50. The summed E-state index contributed by atoms with van der Waals surface area (Å²) in [4.78, 5) is 11.9. The lowest BCUT2D eigenvalue weighted by atomic mass is 10.1. The van der Waals surface area contributed by atoms with E-state index in [1.165, 1.54) is 0 Å². The number of carbonyl (C=O) groups is 1. The fraction of sp³-hybridized carbons (Fsp3) is 0.636. The normalized spacial score (nSPS) is 11.8. The van der Waals surface area contributed by atoms with Gasteiger partial charge in [-0.2, -0.15) is 0 Å². The van der Waals surface area contributed by atoms with Gasteiger partial charge in [0.05, 0.1) is 5.69 Å². The SMILES string of the molecule is CCc1noc(C)c1C(=O)NCC(C)NC.Cl. The Labute approximate surface area is 108 Å². The van der Waals surface area contributed by atoms with Crippen LogP contribution in [-0.4, -0.2) is 30.7 Å². The van der Waals surface area contributed by atoms with Crippen LogP contribution in [0.1, 0.15) is 35.7 Å². The van der Waals surface area contributed by atoms with Crippen molar-refractivity contribution in [3.8, 4) is 0 Å². The van der Waals surface area contributed by atoms with E-state index >= 15 is 0 Å². The molecule has 0 aliphatic heterocycles. The predicted octanol–water partition coefficient (Wildman–Crippen LogP) is 1.30. The molecule has 0 aromatic carbocycles. The van der Waals surface area contributed by atoms with Gasteiger partial charge >= 0.3 is 0 Å². The van der Waals surface area contributed by atoms with Crippen molar-refractivity contribution >= 4 is 18.3 Å². The number of aromatic nitrogens is 1. The molecule has 0 saturated carbocycles. The first kappa shape index (κ1) is 15.9. The third-order valence-corrected chi connectivity index (χ3v) is 2.56. The van der Waals surface area contributed by atoms with Gasteiger partial charge in [0.2, 0.25) is 0 Å². The summed E-state index contributed by atoms with van der Waals surface area (Å²) in [6.07, 6.45) is 0.696. The van der Waals surface area contributed by atoms with Crippen LogP contribution in [0, 0.1) is 6.92 Å². The molecule has 2 N–H and O–H groups in total. The molecule has 1 amide bonds. The zero-order chi connectivity index (χ0) is 12.1. The molecule has 1 heterocycles. The molecule has 5 nitrogen and oxygen atoms in total. The number of hydrogen-bond acceptors (Lipinski definition) is 4. The van der Waals surface area contributed by atoms with E-state index in [9.17, 15) is 4.79 Å².